The number of ketones is 1. The second-order valence-corrected chi connectivity index (χ2v) is 8.94. The van der Waals surface area contributed by atoms with Crippen molar-refractivity contribution in [2.45, 2.75) is 31.3 Å². The van der Waals surface area contributed by atoms with Gasteiger partial charge in [0.05, 0.1) is 23.7 Å². The van der Waals surface area contributed by atoms with E-state index in [1.165, 1.54) is 35.5 Å². The quantitative estimate of drug-likeness (QED) is 0.495. The fourth-order valence-electron chi connectivity index (χ4n) is 3.14. The largest absolute Gasteiger partial charge is 0.451 e. The normalized spacial score (nSPS) is 16.1. The Kier molecular flexibility index (Phi) is 7.02. The van der Waals surface area contributed by atoms with Crippen LogP contribution in [0.5, 0.6) is 0 Å². The Labute approximate surface area is 176 Å². The van der Waals surface area contributed by atoms with Crippen molar-refractivity contribution in [2.75, 3.05) is 26.3 Å². The Morgan fingerprint density at radius 1 is 1.07 bits per heavy atom. The number of rotatable bonds is 7. The lowest BCUT2D eigenvalue weighted by atomic mass is 10.0. The highest BCUT2D eigenvalue weighted by Crippen LogP contribution is 2.19. The van der Waals surface area contributed by atoms with Crippen LogP contribution in [-0.4, -0.2) is 56.9 Å². The summed E-state index contributed by atoms with van der Waals surface area (Å²) in [6.07, 6.45) is -0.132. The molecule has 0 radical (unpaired) electrons. The average Bonchev–Trinajstić information content (AvgIpc) is 2.79. The Morgan fingerprint density at radius 2 is 1.73 bits per heavy atom. The maximum Gasteiger partial charge on any atom is 0.338 e. The van der Waals surface area contributed by atoms with Crippen LogP contribution in [0.15, 0.2) is 53.4 Å². The summed E-state index contributed by atoms with van der Waals surface area (Å²) in [5.74, 6) is -1.07. The van der Waals surface area contributed by atoms with Crippen LogP contribution >= 0.6 is 0 Å². The topological polar surface area (TPSA) is 90.0 Å². The molecule has 1 saturated heterocycles. The molecule has 2 aromatic carbocycles. The number of nitrogens with zero attached hydrogens (tertiary/aromatic N) is 1. The first kappa shape index (κ1) is 22.1. The second kappa shape index (κ2) is 9.51. The molecule has 2 aromatic rings. The van der Waals surface area contributed by atoms with E-state index in [0.29, 0.717) is 18.8 Å². The van der Waals surface area contributed by atoms with E-state index < -0.39 is 22.1 Å². The molecular weight excluding hydrogens is 406 g/mol. The van der Waals surface area contributed by atoms with Crippen LogP contribution in [0.3, 0.4) is 0 Å². The summed E-state index contributed by atoms with van der Waals surface area (Å²) in [5, 5.41) is 0. The molecule has 0 saturated carbocycles. The molecule has 0 aliphatic carbocycles. The van der Waals surface area contributed by atoms with Crippen molar-refractivity contribution in [3.63, 3.8) is 0 Å². The fourth-order valence-corrected chi connectivity index (χ4v) is 4.60. The highest BCUT2D eigenvalue weighted by Gasteiger charge is 2.27. The number of Topliss-reactive ketones (excluding diaryl/α,β-unsaturated/α-hetero) is 1. The molecule has 1 aliphatic heterocycles. The van der Waals surface area contributed by atoms with E-state index in [1.807, 2.05) is 19.1 Å². The van der Waals surface area contributed by atoms with Gasteiger partial charge >= 0.3 is 5.97 Å². The summed E-state index contributed by atoms with van der Waals surface area (Å²) in [6, 6.07) is 12.8. The summed E-state index contributed by atoms with van der Waals surface area (Å²) >= 11 is 0. The van der Waals surface area contributed by atoms with Crippen LogP contribution in [0, 0.1) is 0 Å². The number of hydrogen-bond donors (Lipinski definition) is 0. The Balaban J connectivity index is 1.72. The van der Waals surface area contributed by atoms with Gasteiger partial charge in [0.25, 0.3) is 0 Å². The highest BCUT2D eigenvalue weighted by molar-refractivity contribution is 7.89. The van der Waals surface area contributed by atoms with Gasteiger partial charge in [-0.3, -0.25) is 4.79 Å². The number of carbonyl (C=O) groups is 2. The molecule has 1 atom stereocenters. The van der Waals surface area contributed by atoms with E-state index in [9.17, 15) is 18.0 Å². The number of sulfonamides is 1. The second-order valence-electron chi connectivity index (χ2n) is 7.01. The molecule has 1 heterocycles. The van der Waals surface area contributed by atoms with Gasteiger partial charge in [-0.1, -0.05) is 37.3 Å². The predicted molar refractivity (Wildman–Crippen MR) is 111 cm³/mol. The molecule has 30 heavy (non-hydrogen) atoms. The number of carbonyl (C=O) groups excluding carboxylic acids is 2. The van der Waals surface area contributed by atoms with E-state index in [-0.39, 0.29) is 29.3 Å². The van der Waals surface area contributed by atoms with Crippen LogP contribution in [0.2, 0.25) is 0 Å². The first-order valence-corrected chi connectivity index (χ1v) is 11.3. The van der Waals surface area contributed by atoms with Crippen molar-refractivity contribution in [2.24, 2.45) is 0 Å². The predicted octanol–water partition coefficient (Wildman–Crippen LogP) is 2.70. The monoisotopic (exact) mass is 431 g/mol. The van der Waals surface area contributed by atoms with E-state index in [1.54, 1.807) is 12.1 Å². The van der Waals surface area contributed by atoms with E-state index in [4.69, 9.17) is 9.47 Å². The van der Waals surface area contributed by atoms with Crippen LogP contribution in [-0.2, 0) is 25.9 Å². The Bertz CT molecular complexity index is 1010. The van der Waals surface area contributed by atoms with Gasteiger partial charge in [-0.2, -0.15) is 4.31 Å². The maximum atomic E-state index is 12.8. The molecule has 0 bridgehead atoms. The lowest BCUT2D eigenvalue weighted by Crippen LogP contribution is -2.40. The van der Waals surface area contributed by atoms with Gasteiger partial charge in [0.2, 0.25) is 15.8 Å². The minimum atomic E-state index is -3.73. The van der Waals surface area contributed by atoms with E-state index in [2.05, 4.69) is 0 Å². The third kappa shape index (κ3) is 4.95. The summed E-state index contributed by atoms with van der Waals surface area (Å²) in [7, 11) is -3.73. The van der Waals surface area contributed by atoms with Crippen molar-refractivity contribution >= 4 is 21.8 Å². The summed E-state index contributed by atoms with van der Waals surface area (Å²) < 4.78 is 37.4. The molecule has 1 fully saturated rings. The number of esters is 1. The van der Waals surface area contributed by atoms with Crippen molar-refractivity contribution in [1.82, 2.24) is 4.31 Å². The number of morpholine rings is 1. The van der Waals surface area contributed by atoms with Gasteiger partial charge in [-0.15, -0.1) is 0 Å². The molecular formula is C22H25NO6S. The van der Waals surface area contributed by atoms with Gasteiger partial charge in [0, 0.05) is 18.7 Å². The number of hydrogen-bond acceptors (Lipinski definition) is 6. The molecule has 0 spiro atoms. The van der Waals surface area contributed by atoms with Gasteiger partial charge in [0.15, 0.2) is 6.10 Å². The smallest absolute Gasteiger partial charge is 0.338 e. The number of aryl methyl sites for hydroxylation is 1. The molecule has 0 N–H and O–H groups in total. The highest BCUT2D eigenvalue weighted by atomic mass is 32.2. The lowest BCUT2D eigenvalue weighted by molar-refractivity contribution is 0.0318. The molecule has 3 rings (SSSR count). The maximum absolute atomic E-state index is 12.8. The average molecular weight is 432 g/mol. The first-order chi connectivity index (χ1) is 14.3. The van der Waals surface area contributed by atoms with Crippen LogP contribution in [0.4, 0.5) is 0 Å². The molecule has 160 valence electrons. The first-order valence-electron chi connectivity index (χ1n) is 9.85. The van der Waals surface area contributed by atoms with Crippen LogP contribution in [0.1, 0.15) is 40.1 Å². The minimum absolute atomic E-state index is 0.00739. The van der Waals surface area contributed by atoms with Crippen molar-refractivity contribution in [3.8, 4) is 0 Å². The Morgan fingerprint density at radius 3 is 2.37 bits per heavy atom. The molecule has 0 amide bonds. The zero-order chi connectivity index (χ0) is 21.7. The minimum Gasteiger partial charge on any atom is -0.451 e. The molecule has 8 heteroatoms. The number of ether oxygens (including phenoxy) is 2. The molecule has 1 aliphatic rings. The standard InChI is InChI=1S/C22H25NO6S/c1-3-17-7-9-18(10-8-17)21(24)16(2)29-22(25)19-5-4-6-20(15-19)30(26,27)23-11-13-28-14-12-23/h4-10,15-16H,3,11-14H2,1-2H3/t16-/m1/s1. The zero-order valence-corrected chi connectivity index (χ0v) is 17.9. The Hall–Kier alpha value is -2.55. The molecule has 0 unspecified atom stereocenters. The van der Waals surface area contributed by atoms with E-state index >= 15 is 0 Å². The van der Waals surface area contributed by atoms with Crippen LogP contribution in [0.25, 0.3) is 0 Å². The van der Waals surface area contributed by atoms with Crippen molar-refractivity contribution in [1.29, 1.82) is 0 Å². The van der Waals surface area contributed by atoms with Crippen molar-refractivity contribution in [3.05, 3.63) is 65.2 Å². The van der Waals surface area contributed by atoms with Crippen molar-refractivity contribution < 1.29 is 27.5 Å². The lowest BCUT2D eigenvalue weighted by Gasteiger charge is -2.26. The van der Waals surface area contributed by atoms with E-state index in [0.717, 1.165) is 12.0 Å². The van der Waals surface area contributed by atoms with Crippen LogP contribution < -0.4 is 0 Å². The third-order valence-electron chi connectivity index (χ3n) is 4.98. The third-order valence-corrected chi connectivity index (χ3v) is 6.87. The summed E-state index contributed by atoms with van der Waals surface area (Å²) in [6.45, 7) is 4.72. The zero-order valence-electron chi connectivity index (χ0n) is 17.0. The SMILES string of the molecule is CCc1ccc(C(=O)[C@@H](C)OC(=O)c2cccc(S(=O)(=O)N3CCOCC3)c2)cc1. The van der Waals surface area contributed by atoms with Gasteiger partial charge in [-0.25, -0.2) is 13.2 Å². The summed E-state index contributed by atoms with van der Waals surface area (Å²) in [4.78, 5) is 25.1. The molecule has 0 aromatic heterocycles. The van der Waals surface area contributed by atoms with Gasteiger partial charge in [0.1, 0.15) is 0 Å². The summed E-state index contributed by atoms with van der Waals surface area (Å²) in [5.41, 5.74) is 1.64. The number of benzene rings is 2. The van der Waals surface area contributed by atoms with Gasteiger partial charge < -0.3 is 9.47 Å². The molecule has 7 nitrogen and oxygen atoms in total. The van der Waals surface area contributed by atoms with Gasteiger partial charge in [-0.05, 0) is 37.1 Å². The fraction of sp³-hybridized carbons (Fsp3) is 0.364.